The summed E-state index contributed by atoms with van der Waals surface area (Å²) in [5.41, 5.74) is 0. The molecule has 1 aromatic rings. The molecule has 76 valence electrons. The summed E-state index contributed by atoms with van der Waals surface area (Å²) in [5.74, 6) is -1.29. The van der Waals surface area contributed by atoms with Crippen molar-refractivity contribution in [3.05, 3.63) is 28.0 Å². The smallest absolute Gasteiger partial charge is 0.433 e. The van der Waals surface area contributed by atoms with Crippen LogP contribution in [0.5, 0.6) is 0 Å². The Morgan fingerprint density at radius 1 is 1.64 bits per heavy atom. The molecule has 0 amide bonds. The third-order valence-corrected chi connectivity index (χ3v) is 1.41. The van der Waals surface area contributed by atoms with E-state index in [1.165, 1.54) is 6.07 Å². The number of ether oxygens (including phenoxy) is 1. The van der Waals surface area contributed by atoms with Crippen LogP contribution in [0.2, 0.25) is 0 Å². The van der Waals surface area contributed by atoms with Crippen molar-refractivity contribution in [3.8, 4) is 0 Å². The summed E-state index contributed by atoms with van der Waals surface area (Å²) in [7, 11) is 0. The largest absolute Gasteiger partial charge is 0.460 e. The molecule has 0 aromatic carbocycles. The maximum absolute atomic E-state index is 11.1. The Bertz CT molecular complexity index is 343. The summed E-state index contributed by atoms with van der Waals surface area (Å²) in [6.07, 6.45) is 0.689. The van der Waals surface area contributed by atoms with Crippen molar-refractivity contribution >= 4 is 11.9 Å². The van der Waals surface area contributed by atoms with Crippen molar-refractivity contribution in [2.75, 3.05) is 6.61 Å². The predicted molar refractivity (Wildman–Crippen MR) is 45.9 cm³/mol. The van der Waals surface area contributed by atoms with Gasteiger partial charge < -0.3 is 9.15 Å². The Hall–Kier alpha value is -1.85. The van der Waals surface area contributed by atoms with Gasteiger partial charge in [0.05, 0.1) is 12.7 Å². The Kier molecular flexibility index (Phi) is 3.22. The molecule has 0 fully saturated rings. The number of esters is 1. The maximum Gasteiger partial charge on any atom is 0.433 e. The number of hydrogen-bond donors (Lipinski definition) is 0. The van der Waals surface area contributed by atoms with E-state index in [0.717, 1.165) is 6.07 Å². The first-order valence-electron chi connectivity index (χ1n) is 4.06. The highest BCUT2D eigenvalue weighted by Gasteiger charge is 2.17. The first kappa shape index (κ1) is 10.2. The lowest BCUT2D eigenvalue weighted by Gasteiger charge is -1.97. The highest BCUT2D eigenvalue weighted by molar-refractivity contribution is 5.86. The third-order valence-electron chi connectivity index (χ3n) is 1.41. The van der Waals surface area contributed by atoms with Gasteiger partial charge in [-0.1, -0.05) is 6.92 Å². The summed E-state index contributed by atoms with van der Waals surface area (Å²) in [6, 6.07) is 2.33. The molecule has 6 nitrogen and oxygen atoms in total. The topological polar surface area (TPSA) is 82.6 Å². The van der Waals surface area contributed by atoms with Gasteiger partial charge in [0.1, 0.15) is 4.92 Å². The van der Waals surface area contributed by atoms with Gasteiger partial charge >= 0.3 is 11.9 Å². The minimum atomic E-state index is -0.712. The zero-order chi connectivity index (χ0) is 10.6. The second kappa shape index (κ2) is 4.40. The fourth-order valence-electron chi connectivity index (χ4n) is 0.801. The van der Waals surface area contributed by atoms with E-state index in [0.29, 0.717) is 6.42 Å². The molecule has 0 aliphatic carbocycles. The lowest BCUT2D eigenvalue weighted by atomic mass is 10.4. The summed E-state index contributed by atoms with van der Waals surface area (Å²) in [5, 5.41) is 10.2. The van der Waals surface area contributed by atoms with Crippen LogP contribution in [-0.2, 0) is 4.74 Å². The molecule has 0 aliphatic rings. The van der Waals surface area contributed by atoms with Crippen LogP contribution in [0.3, 0.4) is 0 Å². The maximum atomic E-state index is 11.1. The Labute approximate surface area is 79.6 Å². The number of nitro groups is 1. The van der Waals surface area contributed by atoms with Gasteiger partial charge in [0.15, 0.2) is 0 Å². The fraction of sp³-hybridized carbons (Fsp3) is 0.375. The monoisotopic (exact) mass is 199 g/mol. The zero-order valence-electron chi connectivity index (χ0n) is 7.56. The molecule has 0 N–H and O–H groups in total. The second-order valence-corrected chi connectivity index (χ2v) is 2.53. The van der Waals surface area contributed by atoms with Gasteiger partial charge in [0, 0.05) is 0 Å². The number of hydrogen-bond acceptors (Lipinski definition) is 5. The summed E-state index contributed by atoms with van der Waals surface area (Å²) in [6.45, 7) is 2.12. The van der Waals surface area contributed by atoms with Crippen LogP contribution < -0.4 is 0 Å². The molecule has 0 radical (unpaired) electrons. The van der Waals surface area contributed by atoms with Gasteiger partial charge in [0.2, 0.25) is 5.76 Å². The molecule has 1 heterocycles. The van der Waals surface area contributed by atoms with Crippen molar-refractivity contribution in [2.24, 2.45) is 0 Å². The van der Waals surface area contributed by atoms with Gasteiger partial charge in [-0.25, -0.2) is 4.79 Å². The first-order valence-corrected chi connectivity index (χ1v) is 4.06. The standard InChI is InChI=1S/C8H9NO5/c1-2-5-13-8(10)6-3-4-7(14-6)9(11)12/h3-4H,2,5H2,1H3. The van der Waals surface area contributed by atoms with E-state index in [1.54, 1.807) is 0 Å². The van der Waals surface area contributed by atoms with E-state index in [-0.39, 0.29) is 12.4 Å². The molecule has 0 unspecified atom stereocenters. The van der Waals surface area contributed by atoms with Crippen molar-refractivity contribution in [2.45, 2.75) is 13.3 Å². The minimum absolute atomic E-state index is 0.148. The summed E-state index contributed by atoms with van der Waals surface area (Å²) in [4.78, 5) is 20.6. The molecule has 1 aromatic heterocycles. The third kappa shape index (κ3) is 2.32. The number of carbonyl (C=O) groups is 1. The highest BCUT2D eigenvalue weighted by atomic mass is 16.7. The van der Waals surface area contributed by atoms with Crippen molar-refractivity contribution in [3.63, 3.8) is 0 Å². The van der Waals surface area contributed by atoms with E-state index in [4.69, 9.17) is 4.74 Å². The molecular weight excluding hydrogens is 190 g/mol. The number of nitrogens with zero attached hydrogens (tertiary/aromatic N) is 1. The number of furan rings is 1. The molecule has 14 heavy (non-hydrogen) atoms. The molecule has 6 heteroatoms. The lowest BCUT2D eigenvalue weighted by Crippen LogP contribution is -2.04. The summed E-state index contributed by atoms with van der Waals surface area (Å²) < 4.78 is 9.35. The normalized spacial score (nSPS) is 9.79. The predicted octanol–water partition coefficient (Wildman–Crippen LogP) is 1.75. The Morgan fingerprint density at radius 3 is 2.86 bits per heavy atom. The van der Waals surface area contributed by atoms with Gasteiger partial charge in [-0.2, -0.15) is 0 Å². The van der Waals surface area contributed by atoms with E-state index in [1.807, 2.05) is 6.92 Å². The average Bonchev–Trinajstić information content (AvgIpc) is 2.62. The van der Waals surface area contributed by atoms with Crippen LogP contribution in [0.25, 0.3) is 0 Å². The van der Waals surface area contributed by atoms with Crippen LogP contribution in [0.4, 0.5) is 5.88 Å². The molecule has 0 saturated heterocycles. The van der Waals surface area contributed by atoms with Crippen molar-refractivity contribution in [1.82, 2.24) is 0 Å². The van der Waals surface area contributed by atoms with Gasteiger partial charge in [0.25, 0.3) is 0 Å². The number of carbonyl (C=O) groups excluding carboxylic acids is 1. The first-order chi connectivity index (χ1) is 6.65. The molecule has 0 atom stereocenters. The minimum Gasteiger partial charge on any atom is -0.460 e. The molecule has 0 bridgehead atoms. The average molecular weight is 199 g/mol. The van der Waals surface area contributed by atoms with Crippen molar-refractivity contribution < 1.29 is 18.9 Å². The highest BCUT2D eigenvalue weighted by Crippen LogP contribution is 2.16. The molecule has 0 saturated carbocycles. The van der Waals surface area contributed by atoms with Crippen LogP contribution in [-0.4, -0.2) is 17.5 Å². The van der Waals surface area contributed by atoms with E-state index < -0.39 is 16.8 Å². The SMILES string of the molecule is CCCOC(=O)c1ccc([N+](=O)[O-])o1. The van der Waals surface area contributed by atoms with Crippen LogP contribution in [0.15, 0.2) is 16.5 Å². The van der Waals surface area contributed by atoms with E-state index in [2.05, 4.69) is 4.42 Å². The quantitative estimate of drug-likeness (QED) is 0.419. The Balaban J connectivity index is 2.66. The number of rotatable bonds is 4. The lowest BCUT2D eigenvalue weighted by molar-refractivity contribution is -0.402. The van der Waals surface area contributed by atoms with E-state index in [9.17, 15) is 14.9 Å². The molecule has 0 spiro atoms. The van der Waals surface area contributed by atoms with Crippen LogP contribution >= 0.6 is 0 Å². The summed E-state index contributed by atoms with van der Waals surface area (Å²) >= 11 is 0. The second-order valence-electron chi connectivity index (χ2n) is 2.53. The van der Waals surface area contributed by atoms with Crippen LogP contribution in [0, 0.1) is 10.1 Å². The fourth-order valence-corrected chi connectivity index (χ4v) is 0.801. The molecular formula is C8H9NO5. The zero-order valence-corrected chi connectivity index (χ0v) is 7.56. The van der Waals surface area contributed by atoms with Gasteiger partial charge in [-0.15, -0.1) is 0 Å². The van der Waals surface area contributed by atoms with Crippen molar-refractivity contribution in [1.29, 1.82) is 0 Å². The van der Waals surface area contributed by atoms with Crippen LogP contribution in [0.1, 0.15) is 23.9 Å². The Morgan fingerprint density at radius 2 is 2.36 bits per heavy atom. The van der Waals surface area contributed by atoms with Gasteiger partial charge in [-0.05, 0) is 12.5 Å². The van der Waals surface area contributed by atoms with Gasteiger partial charge in [-0.3, -0.25) is 10.1 Å². The van der Waals surface area contributed by atoms with E-state index >= 15 is 0 Å². The molecule has 1 rings (SSSR count). The molecule has 0 aliphatic heterocycles.